The van der Waals surface area contributed by atoms with Crippen LogP contribution in [-0.2, 0) is 14.8 Å². The summed E-state index contributed by atoms with van der Waals surface area (Å²) >= 11 is 1.30. The number of halogens is 1. The van der Waals surface area contributed by atoms with Crippen LogP contribution in [0.25, 0.3) is 10.1 Å². The molecule has 9 heteroatoms. The lowest BCUT2D eigenvalue weighted by molar-refractivity contribution is 0.0532. The van der Waals surface area contributed by atoms with Gasteiger partial charge in [-0.3, -0.25) is 0 Å². The summed E-state index contributed by atoms with van der Waals surface area (Å²) in [5, 5.41) is 4.03. The number of thiophene rings is 1. The van der Waals surface area contributed by atoms with Crippen molar-refractivity contribution < 1.29 is 17.9 Å². The van der Waals surface area contributed by atoms with Gasteiger partial charge in [0.25, 0.3) is 0 Å². The summed E-state index contributed by atoms with van der Waals surface area (Å²) < 4.78 is 34.0. The first kappa shape index (κ1) is 22.1. The van der Waals surface area contributed by atoms with Gasteiger partial charge in [0.05, 0.1) is 11.5 Å². The van der Waals surface area contributed by atoms with Crippen LogP contribution >= 0.6 is 23.7 Å². The van der Waals surface area contributed by atoms with E-state index in [0.29, 0.717) is 18.0 Å². The van der Waals surface area contributed by atoms with E-state index >= 15 is 0 Å². The highest BCUT2D eigenvalue weighted by Crippen LogP contribution is 2.30. The predicted octanol–water partition coefficient (Wildman–Crippen LogP) is 3.17. The Bertz CT molecular complexity index is 905. The number of rotatable bonds is 6. The van der Waals surface area contributed by atoms with E-state index < -0.39 is 10.0 Å². The molecule has 1 aliphatic heterocycles. The Labute approximate surface area is 170 Å². The number of esters is 1. The molecule has 6 nitrogen and oxygen atoms in total. The van der Waals surface area contributed by atoms with E-state index in [1.165, 1.54) is 11.3 Å². The van der Waals surface area contributed by atoms with Crippen molar-refractivity contribution >= 4 is 49.8 Å². The minimum atomic E-state index is -3.59. The number of piperidine rings is 1. The van der Waals surface area contributed by atoms with Gasteiger partial charge >= 0.3 is 5.97 Å². The zero-order valence-corrected chi connectivity index (χ0v) is 17.9. The van der Waals surface area contributed by atoms with Gasteiger partial charge in [0.2, 0.25) is 10.0 Å². The Balaban J connectivity index is 0.00000261. The minimum absolute atomic E-state index is 0. The highest BCUT2D eigenvalue weighted by molar-refractivity contribution is 7.89. The zero-order valence-electron chi connectivity index (χ0n) is 15.4. The summed E-state index contributed by atoms with van der Waals surface area (Å²) in [5.74, 6) is -0.380. The molecular formula is C18H25ClN2O4S2. The molecule has 2 aromatic rings. The molecule has 0 aliphatic carbocycles. The monoisotopic (exact) mass is 432 g/mol. The molecule has 150 valence electrons. The topological polar surface area (TPSA) is 84.5 Å². The van der Waals surface area contributed by atoms with Crippen LogP contribution in [-0.4, -0.2) is 40.6 Å². The van der Waals surface area contributed by atoms with Crippen LogP contribution in [0.2, 0.25) is 0 Å². The third-order valence-electron chi connectivity index (χ3n) is 4.77. The number of carbonyl (C=O) groups excluding carboxylic acids is 1. The van der Waals surface area contributed by atoms with Crippen molar-refractivity contribution in [2.75, 3.05) is 26.2 Å². The molecule has 0 amide bonds. The number of sulfonamides is 1. The maximum Gasteiger partial charge on any atom is 0.348 e. The van der Waals surface area contributed by atoms with Crippen molar-refractivity contribution in [2.24, 2.45) is 5.41 Å². The minimum Gasteiger partial charge on any atom is -0.462 e. The molecule has 0 spiro atoms. The van der Waals surface area contributed by atoms with Crippen LogP contribution in [0, 0.1) is 5.41 Å². The first-order chi connectivity index (χ1) is 12.3. The molecule has 0 unspecified atom stereocenters. The van der Waals surface area contributed by atoms with Gasteiger partial charge in [0, 0.05) is 11.2 Å². The quantitative estimate of drug-likeness (QED) is 0.685. The van der Waals surface area contributed by atoms with E-state index in [1.54, 1.807) is 31.2 Å². The third kappa shape index (κ3) is 5.20. The van der Waals surface area contributed by atoms with Crippen molar-refractivity contribution in [3.8, 4) is 0 Å². The van der Waals surface area contributed by atoms with Crippen LogP contribution in [0.4, 0.5) is 0 Å². The second-order valence-electron chi connectivity index (χ2n) is 6.92. The average Bonchev–Trinajstić information content (AvgIpc) is 3.05. The van der Waals surface area contributed by atoms with E-state index in [9.17, 15) is 13.2 Å². The summed E-state index contributed by atoms with van der Waals surface area (Å²) in [6.07, 6.45) is 1.89. The largest absolute Gasteiger partial charge is 0.462 e. The van der Waals surface area contributed by atoms with Crippen molar-refractivity contribution in [1.29, 1.82) is 0 Å². The molecule has 2 N–H and O–H groups in total. The van der Waals surface area contributed by atoms with E-state index in [4.69, 9.17) is 4.74 Å². The molecule has 1 aliphatic rings. The lowest BCUT2D eigenvalue weighted by Crippen LogP contribution is -2.42. The van der Waals surface area contributed by atoms with Crippen LogP contribution in [0.3, 0.4) is 0 Å². The first-order valence-corrected chi connectivity index (χ1v) is 11.0. The van der Waals surface area contributed by atoms with Crippen molar-refractivity contribution in [2.45, 2.75) is 31.6 Å². The zero-order chi connectivity index (χ0) is 18.8. The lowest BCUT2D eigenvalue weighted by Gasteiger charge is -2.34. The standard InChI is InChI=1S/C18H24N2O4S2.ClH/c1-3-24-17(21)16-11-13-10-14(4-5-15(13)25-16)26(22,23)20-12-18(2)6-8-19-9-7-18;/h4-5,10-11,19-20H,3,6-9,12H2,1-2H3;1H. The second kappa shape index (κ2) is 8.87. The maximum absolute atomic E-state index is 12.7. The van der Waals surface area contributed by atoms with Gasteiger partial charge in [-0.2, -0.15) is 0 Å². The van der Waals surface area contributed by atoms with Gasteiger partial charge in [-0.05, 0) is 67.9 Å². The number of hydrogen-bond donors (Lipinski definition) is 2. The first-order valence-electron chi connectivity index (χ1n) is 8.74. The van der Waals surface area contributed by atoms with Gasteiger partial charge in [-0.1, -0.05) is 6.92 Å². The summed E-state index contributed by atoms with van der Waals surface area (Å²) in [6, 6.07) is 6.62. The Morgan fingerprint density at radius 1 is 1.30 bits per heavy atom. The maximum atomic E-state index is 12.7. The number of nitrogens with one attached hydrogen (secondary N) is 2. The van der Waals surface area contributed by atoms with Crippen LogP contribution in [0.15, 0.2) is 29.2 Å². The van der Waals surface area contributed by atoms with E-state index in [0.717, 1.165) is 36.0 Å². The molecule has 1 fully saturated rings. The number of hydrogen-bond acceptors (Lipinski definition) is 6. The number of ether oxygens (including phenoxy) is 1. The molecule has 1 saturated heterocycles. The number of fused-ring (bicyclic) bond motifs is 1. The number of benzene rings is 1. The SMILES string of the molecule is CCOC(=O)c1cc2cc(S(=O)(=O)NCC3(C)CCNCC3)ccc2s1.Cl. The molecule has 3 rings (SSSR count). The molecule has 0 bridgehead atoms. The predicted molar refractivity (Wildman–Crippen MR) is 110 cm³/mol. The van der Waals surface area contributed by atoms with Crippen LogP contribution in [0.1, 0.15) is 36.4 Å². The van der Waals surface area contributed by atoms with Crippen LogP contribution in [0.5, 0.6) is 0 Å². The fraction of sp³-hybridized carbons (Fsp3) is 0.500. The highest BCUT2D eigenvalue weighted by Gasteiger charge is 2.28. The molecule has 27 heavy (non-hydrogen) atoms. The molecule has 2 heterocycles. The Morgan fingerprint density at radius 2 is 2.00 bits per heavy atom. The Kier molecular flexibility index (Phi) is 7.27. The van der Waals surface area contributed by atoms with E-state index in [2.05, 4.69) is 17.0 Å². The van der Waals surface area contributed by atoms with Gasteiger partial charge in [-0.25, -0.2) is 17.9 Å². The van der Waals surface area contributed by atoms with Gasteiger partial charge < -0.3 is 10.1 Å². The van der Waals surface area contributed by atoms with Crippen LogP contribution < -0.4 is 10.0 Å². The lowest BCUT2D eigenvalue weighted by atomic mass is 9.81. The smallest absolute Gasteiger partial charge is 0.348 e. The molecule has 0 saturated carbocycles. The van der Waals surface area contributed by atoms with Gasteiger partial charge in [0.1, 0.15) is 4.88 Å². The molecule has 1 aromatic heterocycles. The van der Waals surface area contributed by atoms with Gasteiger partial charge in [0.15, 0.2) is 0 Å². The Morgan fingerprint density at radius 3 is 2.67 bits per heavy atom. The average molecular weight is 433 g/mol. The molecule has 0 radical (unpaired) electrons. The summed E-state index contributed by atoms with van der Waals surface area (Å²) in [4.78, 5) is 12.6. The van der Waals surface area contributed by atoms with Crippen molar-refractivity contribution in [3.05, 3.63) is 29.1 Å². The highest BCUT2D eigenvalue weighted by atomic mass is 35.5. The number of carbonyl (C=O) groups is 1. The molecule has 0 atom stereocenters. The third-order valence-corrected chi connectivity index (χ3v) is 7.27. The Hall–Kier alpha value is -1.19. The summed E-state index contributed by atoms with van der Waals surface area (Å²) in [5.41, 5.74) is -0.0259. The molecular weight excluding hydrogens is 408 g/mol. The van der Waals surface area contributed by atoms with Crippen molar-refractivity contribution in [3.63, 3.8) is 0 Å². The second-order valence-corrected chi connectivity index (χ2v) is 9.77. The van der Waals surface area contributed by atoms with Crippen molar-refractivity contribution in [1.82, 2.24) is 10.0 Å². The van der Waals surface area contributed by atoms with E-state index in [1.807, 2.05) is 0 Å². The summed E-state index contributed by atoms with van der Waals surface area (Å²) in [7, 11) is -3.59. The van der Waals surface area contributed by atoms with Gasteiger partial charge in [-0.15, -0.1) is 23.7 Å². The fourth-order valence-electron chi connectivity index (χ4n) is 3.05. The normalized spacial score (nSPS) is 16.7. The summed E-state index contributed by atoms with van der Waals surface area (Å²) in [6.45, 7) is 6.43. The van der Waals surface area contributed by atoms with E-state index in [-0.39, 0.29) is 28.7 Å². The molecule has 1 aromatic carbocycles. The fourth-order valence-corrected chi connectivity index (χ4v) is 5.22.